The summed E-state index contributed by atoms with van der Waals surface area (Å²) in [6.45, 7) is 7.26. The molecule has 0 atom stereocenters. The van der Waals surface area contributed by atoms with Crippen LogP contribution in [0.4, 0.5) is 0 Å². The van der Waals surface area contributed by atoms with Crippen molar-refractivity contribution in [1.82, 2.24) is 10.6 Å². The van der Waals surface area contributed by atoms with Crippen LogP contribution in [0.2, 0.25) is 0 Å². The molecule has 1 heterocycles. The van der Waals surface area contributed by atoms with E-state index in [0.29, 0.717) is 13.0 Å². The number of carbonyl (C=O) groups excluding carboxylic acids is 1. The quantitative estimate of drug-likeness (QED) is 0.845. The van der Waals surface area contributed by atoms with E-state index < -0.39 is 0 Å². The maximum absolute atomic E-state index is 12.0. The lowest BCUT2D eigenvalue weighted by Gasteiger charge is -2.26. The molecule has 2 N–H and O–H groups in total. The van der Waals surface area contributed by atoms with Crippen molar-refractivity contribution in [2.24, 2.45) is 5.92 Å². The number of carbonyl (C=O) groups is 1. The summed E-state index contributed by atoms with van der Waals surface area (Å²) in [6.07, 6.45) is 4.11. The van der Waals surface area contributed by atoms with Crippen molar-refractivity contribution in [3.05, 3.63) is 35.9 Å². The first kappa shape index (κ1) is 16.0. The number of piperidine rings is 1. The number of hydrogen-bond donors (Lipinski definition) is 2. The Morgan fingerprint density at radius 1 is 1.24 bits per heavy atom. The van der Waals surface area contributed by atoms with Gasteiger partial charge in [0.25, 0.3) is 0 Å². The average molecular weight is 288 g/mol. The maximum Gasteiger partial charge on any atom is 0.220 e. The lowest BCUT2D eigenvalue weighted by Crippen LogP contribution is -2.37. The zero-order valence-corrected chi connectivity index (χ0v) is 13.3. The Bertz CT molecular complexity index is 436. The molecule has 0 unspecified atom stereocenters. The van der Waals surface area contributed by atoms with Crippen LogP contribution in [-0.4, -0.2) is 25.5 Å². The van der Waals surface area contributed by atoms with Crippen LogP contribution in [0.3, 0.4) is 0 Å². The summed E-state index contributed by atoms with van der Waals surface area (Å²) in [6, 6.07) is 10.4. The predicted octanol–water partition coefficient (Wildman–Crippen LogP) is 2.86. The Labute approximate surface area is 128 Å². The van der Waals surface area contributed by atoms with Crippen molar-refractivity contribution in [3.63, 3.8) is 0 Å². The van der Waals surface area contributed by atoms with Gasteiger partial charge in [-0.15, -0.1) is 0 Å². The molecule has 1 aromatic rings. The summed E-state index contributed by atoms with van der Waals surface area (Å²) in [5.41, 5.74) is 1.25. The van der Waals surface area contributed by atoms with Gasteiger partial charge in [0.15, 0.2) is 0 Å². The molecule has 3 heteroatoms. The van der Waals surface area contributed by atoms with Gasteiger partial charge in [0.05, 0.1) is 0 Å². The molecule has 1 aliphatic rings. The smallest absolute Gasteiger partial charge is 0.220 e. The highest BCUT2D eigenvalue weighted by Crippen LogP contribution is 2.22. The molecule has 21 heavy (non-hydrogen) atoms. The van der Waals surface area contributed by atoms with Gasteiger partial charge in [-0.25, -0.2) is 0 Å². The second kappa shape index (κ2) is 7.60. The maximum atomic E-state index is 12.0. The van der Waals surface area contributed by atoms with E-state index in [1.54, 1.807) is 0 Å². The second-order valence-corrected chi connectivity index (χ2v) is 6.76. The van der Waals surface area contributed by atoms with Gasteiger partial charge in [-0.3, -0.25) is 4.79 Å². The van der Waals surface area contributed by atoms with Crippen LogP contribution in [0.5, 0.6) is 0 Å². The molecule has 116 valence electrons. The third kappa shape index (κ3) is 5.16. The standard InChI is InChI=1S/C18H28N2O/c1-18(2,16-6-4-3-5-7-16)14-20-17(21)9-8-15-10-12-19-13-11-15/h3-7,15,19H,8-14H2,1-2H3,(H,20,21). The number of nitrogens with one attached hydrogen (secondary N) is 2. The molecule has 1 fully saturated rings. The lowest BCUT2D eigenvalue weighted by atomic mass is 9.84. The molecule has 0 aromatic heterocycles. The molecule has 3 nitrogen and oxygen atoms in total. The van der Waals surface area contributed by atoms with E-state index in [9.17, 15) is 4.79 Å². The summed E-state index contributed by atoms with van der Waals surface area (Å²) < 4.78 is 0. The molecule has 0 bridgehead atoms. The van der Waals surface area contributed by atoms with Crippen LogP contribution in [0.1, 0.15) is 45.1 Å². The predicted molar refractivity (Wildman–Crippen MR) is 87.3 cm³/mol. The van der Waals surface area contributed by atoms with Gasteiger partial charge in [-0.1, -0.05) is 44.2 Å². The van der Waals surface area contributed by atoms with Crippen molar-refractivity contribution in [2.45, 2.75) is 44.9 Å². The lowest BCUT2D eigenvalue weighted by molar-refractivity contribution is -0.121. The summed E-state index contributed by atoms with van der Waals surface area (Å²) in [5.74, 6) is 0.914. The molecule has 0 saturated carbocycles. The Morgan fingerprint density at radius 3 is 2.57 bits per heavy atom. The van der Waals surface area contributed by atoms with E-state index in [1.807, 2.05) is 6.07 Å². The van der Waals surface area contributed by atoms with Crippen molar-refractivity contribution in [1.29, 1.82) is 0 Å². The third-order valence-electron chi connectivity index (χ3n) is 4.52. The van der Waals surface area contributed by atoms with Gasteiger partial charge in [-0.05, 0) is 43.8 Å². The minimum Gasteiger partial charge on any atom is -0.355 e. The molecular formula is C18H28N2O. The summed E-state index contributed by atoms with van der Waals surface area (Å²) in [7, 11) is 0. The van der Waals surface area contributed by atoms with E-state index in [-0.39, 0.29) is 11.3 Å². The van der Waals surface area contributed by atoms with Crippen molar-refractivity contribution in [3.8, 4) is 0 Å². The van der Waals surface area contributed by atoms with Crippen LogP contribution in [-0.2, 0) is 10.2 Å². The van der Waals surface area contributed by atoms with Crippen LogP contribution in [0, 0.1) is 5.92 Å². The number of benzene rings is 1. The van der Waals surface area contributed by atoms with Crippen LogP contribution in [0.15, 0.2) is 30.3 Å². The van der Waals surface area contributed by atoms with Gasteiger partial charge in [0.1, 0.15) is 0 Å². The third-order valence-corrected chi connectivity index (χ3v) is 4.52. The zero-order valence-electron chi connectivity index (χ0n) is 13.3. The van der Waals surface area contributed by atoms with Gasteiger partial charge >= 0.3 is 0 Å². The second-order valence-electron chi connectivity index (χ2n) is 6.76. The van der Waals surface area contributed by atoms with E-state index >= 15 is 0 Å². The monoisotopic (exact) mass is 288 g/mol. The van der Waals surface area contributed by atoms with Gasteiger partial charge in [-0.2, -0.15) is 0 Å². The molecule has 0 aliphatic carbocycles. The first-order chi connectivity index (χ1) is 10.1. The van der Waals surface area contributed by atoms with E-state index in [0.717, 1.165) is 25.4 Å². The molecule has 0 spiro atoms. The van der Waals surface area contributed by atoms with E-state index in [4.69, 9.17) is 0 Å². The zero-order chi connectivity index (χ0) is 15.1. The fourth-order valence-electron chi connectivity index (χ4n) is 2.90. The van der Waals surface area contributed by atoms with Crippen LogP contribution >= 0.6 is 0 Å². The van der Waals surface area contributed by atoms with Crippen molar-refractivity contribution < 1.29 is 4.79 Å². The highest BCUT2D eigenvalue weighted by molar-refractivity contribution is 5.76. The Hall–Kier alpha value is -1.35. The van der Waals surface area contributed by atoms with Crippen molar-refractivity contribution >= 4 is 5.91 Å². The minimum absolute atomic E-state index is 0.0221. The normalized spacial score (nSPS) is 16.7. The SMILES string of the molecule is CC(C)(CNC(=O)CCC1CCNCC1)c1ccccc1. The van der Waals surface area contributed by atoms with E-state index in [2.05, 4.69) is 48.7 Å². The number of rotatable bonds is 6. The molecule has 1 amide bonds. The Morgan fingerprint density at radius 2 is 1.90 bits per heavy atom. The average Bonchev–Trinajstić information content (AvgIpc) is 2.53. The Balaban J connectivity index is 1.73. The van der Waals surface area contributed by atoms with Crippen LogP contribution in [0.25, 0.3) is 0 Å². The summed E-state index contributed by atoms with van der Waals surface area (Å²) in [4.78, 5) is 12.0. The number of hydrogen-bond acceptors (Lipinski definition) is 2. The molecular weight excluding hydrogens is 260 g/mol. The molecule has 0 radical (unpaired) electrons. The summed E-state index contributed by atoms with van der Waals surface area (Å²) in [5, 5.41) is 6.47. The van der Waals surface area contributed by atoms with Gasteiger partial charge in [0.2, 0.25) is 5.91 Å². The van der Waals surface area contributed by atoms with Crippen molar-refractivity contribution in [2.75, 3.05) is 19.6 Å². The topological polar surface area (TPSA) is 41.1 Å². The van der Waals surface area contributed by atoms with E-state index in [1.165, 1.54) is 18.4 Å². The molecule has 2 rings (SSSR count). The number of amides is 1. The highest BCUT2D eigenvalue weighted by Gasteiger charge is 2.21. The highest BCUT2D eigenvalue weighted by atomic mass is 16.1. The first-order valence-corrected chi connectivity index (χ1v) is 8.11. The fourth-order valence-corrected chi connectivity index (χ4v) is 2.90. The molecule has 1 aromatic carbocycles. The molecule has 1 saturated heterocycles. The van der Waals surface area contributed by atoms with Gasteiger partial charge < -0.3 is 10.6 Å². The van der Waals surface area contributed by atoms with Crippen LogP contribution < -0.4 is 10.6 Å². The Kier molecular flexibility index (Phi) is 5.80. The first-order valence-electron chi connectivity index (χ1n) is 8.11. The minimum atomic E-state index is -0.0221. The van der Waals surface area contributed by atoms with Gasteiger partial charge in [0, 0.05) is 18.4 Å². The molecule has 1 aliphatic heterocycles. The fraction of sp³-hybridized carbons (Fsp3) is 0.611. The largest absolute Gasteiger partial charge is 0.355 e. The summed E-state index contributed by atoms with van der Waals surface area (Å²) >= 11 is 0.